The first kappa shape index (κ1) is 17.2. The van der Waals surface area contributed by atoms with Crippen molar-refractivity contribution in [2.45, 2.75) is 50.8 Å². The van der Waals surface area contributed by atoms with Gasteiger partial charge in [-0.2, -0.15) is 0 Å². The van der Waals surface area contributed by atoms with Crippen molar-refractivity contribution in [2.75, 3.05) is 0 Å². The van der Waals surface area contributed by atoms with Crippen LogP contribution in [0.1, 0.15) is 31.4 Å². The zero-order valence-corrected chi connectivity index (χ0v) is 15.7. The Morgan fingerprint density at radius 2 is 1.93 bits per heavy atom. The van der Waals surface area contributed by atoms with Gasteiger partial charge in [-0.1, -0.05) is 0 Å². The Balaban J connectivity index is 1.31. The van der Waals surface area contributed by atoms with Crippen LogP contribution in [0.2, 0.25) is 0 Å². The predicted octanol–water partition coefficient (Wildman–Crippen LogP) is 3.01. The molecule has 3 aromatic rings. The maximum absolute atomic E-state index is 10.5. The molecule has 2 N–H and O–H groups in total. The van der Waals surface area contributed by atoms with Crippen LogP contribution in [0.25, 0.3) is 16.9 Å². The largest absolute Gasteiger partial charge is 0.507 e. The highest BCUT2D eigenvalue weighted by Gasteiger charge is 2.34. The normalized spacial score (nSPS) is 23.7. The number of phenolic OH excluding ortho intramolecular Hbond substituents is 1. The summed E-state index contributed by atoms with van der Waals surface area (Å²) in [5, 5.41) is 22.6. The number of hydrogen-bond donors (Lipinski definition) is 2. The molecule has 4 heterocycles. The van der Waals surface area contributed by atoms with E-state index in [4.69, 9.17) is 4.74 Å². The van der Waals surface area contributed by atoms with Crippen molar-refractivity contribution in [3.05, 3.63) is 48.5 Å². The third-order valence-electron chi connectivity index (χ3n) is 5.62. The highest BCUT2D eigenvalue weighted by Crippen LogP contribution is 2.31. The van der Waals surface area contributed by atoms with Gasteiger partial charge in [0.05, 0.1) is 23.4 Å². The zero-order chi connectivity index (χ0) is 19.1. The Morgan fingerprint density at radius 3 is 2.57 bits per heavy atom. The first-order chi connectivity index (χ1) is 13.6. The number of benzene rings is 1. The van der Waals surface area contributed by atoms with E-state index in [-0.39, 0.29) is 11.9 Å². The number of imidazole rings is 1. The number of rotatable bonds is 4. The molecule has 0 radical (unpaired) electrons. The fourth-order valence-electron chi connectivity index (χ4n) is 4.26. The molecule has 2 aliphatic heterocycles. The lowest BCUT2D eigenvalue weighted by atomic mass is 10.0. The Labute approximate surface area is 163 Å². The number of aromatic nitrogens is 4. The summed E-state index contributed by atoms with van der Waals surface area (Å²) < 4.78 is 7.92. The first-order valence-corrected chi connectivity index (χ1v) is 9.75. The summed E-state index contributed by atoms with van der Waals surface area (Å²) in [6.07, 6.45) is 8.36. The van der Waals surface area contributed by atoms with Crippen molar-refractivity contribution in [3.8, 4) is 28.6 Å². The van der Waals surface area contributed by atoms with E-state index in [9.17, 15) is 5.11 Å². The van der Waals surface area contributed by atoms with Gasteiger partial charge in [0.2, 0.25) is 5.88 Å². The molecule has 7 heteroatoms. The molecule has 5 rings (SSSR count). The third-order valence-corrected chi connectivity index (χ3v) is 5.62. The van der Waals surface area contributed by atoms with Crippen molar-refractivity contribution in [1.82, 2.24) is 25.1 Å². The van der Waals surface area contributed by atoms with Gasteiger partial charge in [0.1, 0.15) is 11.9 Å². The number of hydrogen-bond acceptors (Lipinski definition) is 6. The van der Waals surface area contributed by atoms with Crippen LogP contribution in [-0.2, 0) is 0 Å². The standard InChI is InChI=1S/C21H23N5O2/c1-13-11-26(12-22-13)16-4-5-18(20(27)10-16)19-6-7-21(25-24-19)28-17-8-14-2-3-15(9-17)23-14/h4-7,10-12,14-15,17,23,27H,2-3,8-9H2,1H3/t14-,15?,17-/m0/s1. The molecule has 1 unspecified atom stereocenters. The van der Waals surface area contributed by atoms with Crippen LogP contribution in [0.15, 0.2) is 42.9 Å². The summed E-state index contributed by atoms with van der Waals surface area (Å²) in [4.78, 5) is 4.22. The molecule has 2 fully saturated rings. The van der Waals surface area contributed by atoms with E-state index in [1.54, 1.807) is 12.4 Å². The van der Waals surface area contributed by atoms with Gasteiger partial charge in [0, 0.05) is 36.0 Å². The number of piperidine rings is 1. The molecule has 2 aliphatic rings. The van der Waals surface area contributed by atoms with Crippen LogP contribution >= 0.6 is 0 Å². The summed E-state index contributed by atoms with van der Waals surface area (Å²) in [6, 6.07) is 10.3. The Kier molecular flexibility index (Phi) is 4.24. The molecule has 7 nitrogen and oxygen atoms in total. The molecule has 144 valence electrons. The second-order valence-corrected chi connectivity index (χ2v) is 7.73. The van der Waals surface area contributed by atoms with Gasteiger partial charge >= 0.3 is 0 Å². The maximum Gasteiger partial charge on any atom is 0.233 e. The van der Waals surface area contributed by atoms with E-state index >= 15 is 0 Å². The minimum Gasteiger partial charge on any atom is -0.507 e. The lowest BCUT2D eigenvalue weighted by Gasteiger charge is -2.28. The minimum absolute atomic E-state index is 0.154. The van der Waals surface area contributed by atoms with E-state index < -0.39 is 0 Å². The fourth-order valence-corrected chi connectivity index (χ4v) is 4.26. The topological polar surface area (TPSA) is 85.1 Å². The smallest absolute Gasteiger partial charge is 0.233 e. The molecule has 0 spiro atoms. The number of ether oxygens (including phenoxy) is 1. The fraction of sp³-hybridized carbons (Fsp3) is 0.381. The van der Waals surface area contributed by atoms with Crippen molar-refractivity contribution >= 4 is 0 Å². The number of fused-ring (bicyclic) bond motifs is 2. The van der Waals surface area contributed by atoms with Crippen LogP contribution in [0.4, 0.5) is 0 Å². The average Bonchev–Trinajstić information content (AvgIpc) is 3.27. The molecule has 3 atom stereocenters. The molecule has 28 heavy (non-hydrogen) atoms. The number of nitrogens with one attached hydrogen (secondary N) is 1. The van der Waals surface area contributed by atoms with Gasteiger partial charge in [-0.05, 0) is 50.8 Å². The van der Waals surface area contributed by atoms with Gasteiger partial charge in [-0.15, -0.1) is 10.2 Å². The van der Waals surface area contributed by atoms with E-state index in [0.717, 1.165) is 24.2 Å². The summed E-state index contributed by atoms with van der Waals surface area (Å²) in [6.45, 7) is 1.93. The van der Waals surface area contributed by atoms with E-state index in [2.05, 4.69) is 20.5 Å². The molecule has 2 bridgehead atoms. The first-order valence-electron chi connectivity index (χ1n) is 9.75. The minimum atomic E-state index is 0.154. The lowest BCUT2D eigenvalue weighted by molar-refractivity contribution is 0.130. The SMILES string of the molecule is Cc1cn(-c2ccc(-c3ccc(O[C@@H]4CC5CC[C@@H](C4)N5)nn3)c(O)c2)cn1. The number of nitrogens with zero attached hydrogens (tertiary/aromatic N) is 4. The summed E-state index contributed by atoms with van der Waals surface area (Å²) in [7, 11) is 0. The van der Waals surface area contributed by atoms with Gasteiger partial charge < -0.3 is 19.7 Å². The van der Waals surface area contributed by atoms with Crippen molar-refractivity contribution < 1.29 is 9.84 Å². The van der Waals surface area contributed by atoms with E-state index in [0.29, 0.717) is 29.2 Å². The molecule has 0 saturated carbocycles. The third kappa shape index (κ3) is 3.33. The summed E-state index contributed by atoms with van der Waals surface area (Å²) >= 11 is 0. The number of aryl methyl sites for hydroxylation is 1. The summed E-state index contributed by atoms with van der Waals surface area (Å²) in [5.74, 6) is 0.696. The molecule has 2 saturated heterocycles. The monoisotopic (exact) mass is 377 g/mol. The number of aromatic hydroxyl groups is 1. The van der Waals surface area contributed by atoms with Crippen molar-refractivity contribution in [2.24, 2.45) is 0 Å². The highest BCUT2D eigenvalue weighted by molar-refractivity contribution is 5.68. The quantitative estimate of drug-likeness (QED) is 0.727. The molecular formula is C21H23N5O2. The zero-order valence-electron chi connectivity index (χ0n) is 15.7. The molecule has 0 amide bonds. The summed E-state index contributed by atoms with van der Waals surface area (Å²) in [5.41, 5.74) is 3.02. The predicted molar refractivity (Wildman–Crippen MR) is 105 cm³/mol. The lowest BCUT2D eigenvalue weighted by Crippen LogP contribution is -2.42. The van der Waals surface area contributed by atoms with E-state index in [1.807, 2.05) is 42.0 Å². The van der Waals surface area contributed by atoms with Gasteiger partial charge in [-0.25, -0.2) is 4.98 Å². The van der Waals surface area contributed by atoms with Gasteiger partial charge in [-0.3, -0.25) is 0 Å². The second-order valence-electron chi connectivity index (χ2n) is 7.73. The van der Waals surface area contributed by atoms with Crippen molar-refractivity contribution in [3.63, 3.8) is 0 Å². The van der Waals surface area contributed by atoms with Crippen LogP contribution in [0.5, 0.6) is 11.6 Å². The maximum atomic E-state index is 10.5. The van der Waals surface area contributed by atoms with Gasteiger partial charge in [0.25, 0.3) is 0 Å². The van der Waals surface area contributed by atoms with Crippen LogP contribution in [-0.4, -0.2) is 43.0 Å². The molecule has 2 aromatic heterocycles. The molecule has 0 aliphatic carbocycles. The van der Waals surface area contributed by atoms with Crippen LogP contribution < -0.4 is 10.1 Å². The molecule has 1 aromatic carbocycles. The average molecular weight is 377 g/mol. The molecular weight excluding hydrogens is 354 g/mol. The Hall–Kier alpha value is -2.93. The van der Waals surface area contributed by atoms with Gasteiger partial charge in [0.15, 0.2) is 0 Å². The second kappa shape index (κ2) is 6.91. The number of phenols is 1. The Bertz CT molecular complexity index is 973. The van der Waals surface area contributed by atoms with Crippen molar-refractivity contribution in [1.29, 1.82) is 0 Å². The van der Waals surface area contributed by atoms with Crippen LogP contribution in [0, 0.1) is 6.92 Å². The van der Waals surface area contributed by atoms with Crippen LogP contribution in [0.3, 0.4) is 0 Å². The Morgan fingerprint density at radius 1 is 1.11 bits per heavy atom. The van der Waals surface area contributed by atoms with E-state index in [1.165, 1.54) is 12.8 Å². The highest BCUT2D eigenvalue weighted by atomic mass is 16.5.